The zero-order chi connectivity index (χ0) is 22.3. The maximum absolute atomic E-state index is 13.8. The number of halogens is 1. The second-order valence-corrected chi connectivity index (χ2v) is 9.82. The van der Waals surface area contributed by atoms with Gasteiger partial charge in [0.15, 0.2) is 0 Å². The molecule has 0 bridgehead atoms. The first kappa shape index (κ1) is 21.2. The number of carboxylic acids is 1. The van der Waals surface area contributed by atoms with Gasteiger partial charge in [-0.2, -0.15) is 0 Å². The number of pyridine rings is 1. The molecule has 1 fully saturated rings. The Balaban J connectivity index is 1.32. The predicted molar refractivity (Wildman–Crippen MR) is 121 cm³/mol. The van der Waals surface area contributed by atoms with Crippen LogP contribution in [0.25, 0.3) is 5.57 Å². The number of hydrogen-bond acceptors (Lipinski definition) is 3. The average Bonchev–Trinajstić information content (AvgIpc) is 3.13. The lowest BCUT2D eigenvalue weighted by Gasteiger charge is -2.50. The minimum atomic E-state index is -0.785. The second kappa shape index (κ2) is 8.34. The van der Waals surface area contributed by atoms with Crippen LogP contribution in [-0.2, 0) is 11.2 Å². The Morgan fingerprint density at radius 2 is 2.16 bits per heavy atom. The first-order chi connectivity index (χ1) is 15.5. The molecule has 1 saturated carbocycles. The topological polar surface area (TPSA) is 59.4 Å². The third-order valence-corrected chi connectivity index (χ3v) is 8.10. The van der Waals surface area contributed by atoms with E-state index in [1.54, 1.807) is 6.07 Å². The van der Waals surface area contributed by atoms with Gasteiger partial charge in [-0.15, -0.1) is 0 Å². The van der Waals surface area contributed by atoms with Crippen molar-refractivity contribution in [1.29, 1.82) is 0 Å². The number of hydrogen-bond donors (Lipinski definition) is 1. The molecule has 168 valence electrons. The molecule has 4 nitrogen and oxygen atoms in total. The summed E-state index contributed by atoms with van der Waals surface area (Å²) in [6.07, 6.45) is 11.6. The standard InChI is InChI=1S/C27H30FNO3/c1-27-11-10-22-21-7-5-20(32-12-2-3-26(30)31)14-17(21)4-6-23(22)25(27)9-8-24(27)18-13-19(28)16-29-15-18/h5,7-8,13-16,22-23,25H,2-4,6,9-12H2,1H3,(H,30,31). The Labute approximate surface area is 188 Å². The maximum atomic E-state index is 13.8. The van der Waals surface area contributed by atoms with Crippen molar-refractivity contribution in [2.45, 2.75) is 57.8 Å². The quantitative estimate of drug-likeness (QED) is 0.564. The maximum Gasteiger partial charge on any atom is 0.303 e. The largest absolute Gasteiger partial charge is 0.494 e. The molecular formula is C27H30FNO3. The van der Waals surface area contributed by atoms with Crippen LogP contribution in [0.1, 0.15) is 68.1 Å². The molecule has 2 aromatic rings. The lowest BCUT2D eigenvalue weighted by atomic mass is 9.54. The third kappa shape index (κ3) is 3.72. The molecule has 0 radical (unpaired) electrons. The zero-order valence-corrected chi connectivity index (χ0v) is 18.5. The van der Waals surface area contributed by atoms with E-state index in [4.69, 9.17) is 9.84 Å². The van der Waals surface area contributed by atoms with Crippen molar-refractivity contribution in [1.82, 2.24) is 4.98 Å². The number of fused-ring (bicyclic) bond motifs is 5. The zero-order valence-electron chi connectivity index (χ0n) is 18.5. The molecule has 0 amide bonds. The van der Waals surface area contributed by atoms with E-state index in [1.807, 2.05) is 12.3 Å². The molecule has 3 aliphatic carbocycles. The number of aromatic nitrogens is 1. The summed E-state index contributed by atoms with van der Waals surface area (Å²) in [5.74, 6) is 1.58. The molecule has 1 heterocycles. The number of carbonyl (C=O) groups is 1. The first-order valence-corrected chi connectivity index (χ1v) is 11.7. The van der Waals surface area contributed by atoms with Gasteiger partial charge >= 0.3 is 5.97 Å². The summed E-state index contributed by atoms with van der Waals surface area (Å²) in [6, 6.07) is 8.08. The van der Waals surface area contributed by atoms with Gasteiger partial charge in [-0.3, -0.25) is 9.78 Å². The van der Waals surface area contributed by atoms with Crippen molar-refractivity contribution < 1.29 is 19.0 Å². The number of carboxylic acid groups (broad SMARTS) is 1. The molecule has 3 aliphatic rings. The number of ether oxygens (including phenoxy) is 1. The van der Waals surface area contributed by atoms with Gasteiger partial charge in [0.25, 0.3) is 0 Å². The predicted octanol–water partition coefficient (Wildman–Crippen LogP) is 6.01. The summed E-state index contributed by atoms with van der Waals surface area (Å²) < 4.78 is 19.7. The summed E-state index contributed by atoms with van der Waals surface area (Å²) in [5.41, 5.74) is 5.15. The van der Waals surface area contributed by atoms with E-state index >= 15 is 0 Å². The first-order valence-electron chi connectivity index (χ1n) is 11.7. The van der Waals surface area contributed by atoms with Crippen LogP contribution in [0.2, 0.25) is 0 Å². The lowest BCUT2D eigenvalue weighted by molar-refractivity contribution is -0.137. The summed E-state index contributed by atoms with van der Waals surface area (Å²) in [4.78, 5) is 14.8. The van der Waals surface area contributed by atoms with E-state index < -0.39 is 5.97 Å². The van der Waals surface area contributed by atoms with Crippen LogP contribution in [0, 0.1) is 23.1 Å². The van der Waals surface area contributed by atoms with Crippen LogP contribution in [0.15, 0.2) is 42.7 Å². The van der Waals surface area contributed by atoms with Crippen LogP contribution in [0.3, 0.4) is 0 Å². The average molecular weight is 436 g/mol. The lowest BCUT2D eigenvalue weighted by Crippen LogP contribution is -2.40. The fourth-order valence-corrected chi connectivity index (χ4v) is 6.64. The van der Waals surface area contributed by atoms with Gasteiger partial charge in [-0.25, -0.2) is 4.39 Å². The van der Waals surface area contributed by atoms with Crippen LogP contribution < -0.4 is 4.74 Å². The highest BCUT2D eigenvalue weighted by Gasteiger charge is 2.51. The van der Waals surface area contributed by atoms with Crippen LogP contribution >= 0.6 is 0 Å². The fourth-order valence-electron chi connectivity index (χ4n) is 6.64. The van der Waals surface area contributed by atoms with E-state index in [9.17, 15) is 9.18 Å². The van der Waals surface area contributed by atoms with Crippen LogP contribution in [-0.4, -0.2) is 22.7 Å². The Bertz CT molecular complexity index is 1060. The number of allylic oxidation sites excluding steroid dienone is 2. The van der Waals surface area contributed by atoms with Crippen molar-refractivity contribution in [3.63, 3.8) is 0 Å². The van der Waals surface area contributed by atoms with Crippen molar-refractivity contribution >= 4 is 11.5 Å². The number of rotatable bonds is 6. The molecule has 1 aromatic carbocycles. The molecule has 1 N–H and O–H groups in total. The Morgan fingerprint density at radius 3 is 2.97 bits per heavy atom. The summed E-state index contributed by atoms with van der Waals surface area (Å²) >= 11 is 0. The minimum absolute atomic E-state index is 0.0847. The van der Waals surface area contributed by atoms with Crippen molar-refractivity contribution in [2.75, 3.05) is 6.61 Å². The van der Waals surface area contributed by atoms with Gasteiger partial charge < -0.3 is 9.84 Å². The Hall–Kier alpha value is -2.69. The second-order valence-electron chi connectivity index (χ2n) is 9.82. The van der Waals surface area contributed by atoms with Gasteiger partial charge in [0.05, 0.1) is 12.8 Å². The van der Waals surface area contributed by atoms with Crippen molar-refractivity contribution in [3.05, 3.63) is 65.2 Å². The van der Waals surface area contributed by atoms with E-state index in [1.165, 1.54) is 29.3 Å². The summed E-state index contributed by atoms with van der Waals surface area (Å²) in [6.45, 7) is 2.81. The van der Waals surface area contributed by atoms with Gasteiger partial charge in [0, 0.05) is 12.6 Å². The Kier molecular flexibility index (Phi) is 5.52. The number of benzene rings is 1. The molecule has 0 spiro atoms. The van der Waals surface area contributed by atoms with Crippen LogP contribution in [0.5, 0.6) is 5.75 Å². The smallest absolute Gasteiger partial charge is 0.303 e. The minimum Gasteiger partial charge on any atom is -0.494 e. The van der Waals surface area contributed by atoms with Crippen LogP contribution in [0.4, 0.5) is 4.39 Å². The highest BCUT2D eigenvalue weighted by molar-refractivity contribution is 5.72. The molecule has 5 rings (SSSR count). The molecule has 0 aliphatic heterocycles. The van der Waals surface area contributed by atoms with Gasteiger partial charge in [0.1, 0.15) is 11.6 Å². The van der Waals surface area contributed by atoms with Gasteiger partial charge in [0.2, 0.25) is 0 Å². The fraction of sp³-hybridized carbons (Fsp3) is 0.481. The normalized spacial score (nSPS) is 28.3. The molecule has 4 unspecified atom stereocenters. The van der Waals surface area contributed by atoms with Crippen molar-refractivity contribution in [3.8, 4) is 5.75 Å². The molecule has 4 atom stereocenters. The Morgan fingerprint density at radius 1 is 1.28 bits per heavy atom. The molecule has 1 aromatic heterocycles. The van der Waals surface area contributed by atoms with Crippen molar-refractivity contribution in [2.24, 2.45) is 17.3 Å². The molecule has 5 heteroatoms. The molecule has 32 heavy (non-hydrogen) atoms. The summed E-state index contributed by atoms with van der Waals surface area (Å²) in [7, 11) is 0. The van der Waals surface area contributed by atoms with E-state index in [2.05, 4.69) is 30.1 Å². The number of aryl methyl sites for hydroxylation is 1. The number of aliphatic carboxylic acids is 1. The highest BCUT2D eigenvalue weighted by atomic mass is 19.1. The monoisotopic (exact) mass is 435 g/mol. The van der Waals surface area contributed by atoms with Gasteiger partial charge in [-0.1, -0.05) is 19.1 Å². The highest BCUT2D eigenvalue weighted by Crippen LogP contribution is 2.63. The van der Waals surface area contributed by atoms with E-state index in [-0.39, 0.29) is 17.7 Å². The van der Waals surface area contributed by atoms with Gasteiger partial charge in [-0.05, 0) is 102 Å². The van der Waals surface area contributed by atoms with E-state index in [0.717, 1.165) is 37.0 Å². The molecular weight excluding hydrogens is 405 g/mol. The van der Waals surface area contributed by atoms with E-state index in [0.29, 0.717) is 30.8 Å². The third-order valence-electron chi connectivity index (χ3n) is 8.10. The SMILES string of the molecule is CC12CCC3c4ccc(OCCCC(=O)O)cc4CCC3C1CC=C2c1cncc(F)c1. The number of nitrogens with zero attached hydrogens (tertiary/aromatic N) is 1. The molecule has 0 saturated heterocycles. The summed E-state index contributed by atoms with van der Waals surface area (Å²) in [5, 5.41) is 8.78.